The number of hydrogen-bond acceptors (Lipinski definition) is 3. The number of nitrogens with zero attached hydrogens (tertiary/aromatic N) is 3. The molecular formula is C16H13N3O. The van der Waals surface area contributed by atoms with E-state index in [0.29, 0.717) is 4.90 Å². The maximum Gasteiger partial charge on any atom is 0.236 e. The van der Waals surface area contributed by atoms with E-state index in [9.17, 15) is 4.79 Å². The first-order chi connectivity index (χ1) is 9.80. The fraction of sp³-hybridized carbons (Fsp3) is 0.0625. The summed E-state index contributed by atoms with van der Waals surface area (Å²) >= 11 is 0. The molecule has 4 heteroatoms. The van der Waals surface area contributed by atoms with Gasteiger partial charge in [0.1, 0.15) is 0 Å². The highest BCUT2D eigenvalue weighted by atomic mass is 16.1. The van der Waals surface area contributed by atoms with Crippen LogP contribution in [0.15, 0.2) is 60.7 Å². The van der Waals surface area contributed by atoms with Crippen molar-refractivity contribution >= 4 is 6.41 Å². The van der Waals surface area contributed by atoms with E-state index in [2.05, 4.69) is 60.7 Å². The van der Waals surface area contributed by atoms with Gasteiger partial charge in [-0.05, 0) is 17.5 Å². The van der Waals surface area contributed by atoms with E-state index in [0.717, 1.165) is 6.42 Å². The molecule has 0 aliphatic heterocycles. The predicted molar refractivity (Wildman–Crippen MR) is 74.8 cm³/mol. The average Bonchev–Trinajstić information content (AvgIpc) is 2.52. The number of benzene rings is 2. The van der Waals surface area contributed by atoms with Gasteiger partial charge in [0, 0.05) is 0 Å². The van der Waals surface area contributed by atoms with Gasteiger partial charge in [-0.25, -0.2) is 0 Å². The summed E-state index contributed by atoms with van der Waals surface area (Å²) in [5.41, 5.74) is 2.74. The predicted octanol–water partition coefficient (Wildman–Crippen LogP) is 2.68. The summed E-state index contributed by atoms with van der Waals surface area (Å²) in [7, 11) is 0. The third-order valence-corrected chi connectivity index (χ3v) is 2.41. The minimum absolute atomic E-state index is 0.139. The molecule has 2 aromatic carbocycles. The van der Waals surface area contributed by atoms with Gasteiger partial charge in [0.05, 0.1) is 0 Å². The number of amides is 1. The molecule has 1 amide bonds. The van der Waals surface area contributed by atoms with Crippen molar-refractivity contribution in [1.82, 2.24) is 4.90 Å². The van der Waals surface area contributed by atoms with Crippen LogP contribution in [-0.4, -0.2) is 11.3 Å². The Morgan fingerprint density at radius 3 is 1.50 bits per heavy atom. The molecule has 20 heavy (non-hydrogen) atoms. The Hall–Kier alpha value is -3.11. The van der Waals surface area contributed by atoms with E-state index in [1.807, 2.05) is 0 Å². The summed E-state index contributed by atoms with van der Waals surface area (Å²) in [6.45, 7) is 0. The van der Waals surface area contributed by atoms with E-state index >= 15 is 0 Å². The third kappa shape index (κ3) is 5.48. The van der Waals surface area contributed by atoms with E-state index in [1.165, 1.54) is 23.5 Å². The zero-order valence-corrected chi connectivity index (χ0v) is 10.8. The summed E-state index contributed by atoms with van der Waals surface area (Å²) in [5, 5.41) is 15.5. The van der Waals surface area contributed by atoms with Crippen LogP contribution in [0.4, 0.5) is 0 Å². The standard InChI is InChI=1S/C13H12.C3HN3O/c1-3-7-12(8-4-1)11-13-9-5-2-6-10-13;4-1-6(2-5)3-7/h1-10H,11H2;3H. The van der Waals surface area contributed by atoms with Crippen LogP contribution in [0.3, 0.4) is 0 Å². The second-order valence-corrected chi connectivity index (χ2v) is 3.82. The highest BCUT2D eigenvalue weighted by Gasteiger charge is 1.92. The summed E-state index contributed by atoms with van der Waals surface area (Å²) in [4.78, 5) is 9.75. The molecule has 0 aliphatic carbocycles. The molecule has 2 rings (SSSR count). The van der Waals surface area contributed by atoms with Crippen LogP contribution in [0.5, 0.6) is 0 Å². The lowest BCUT2D eigenvalue weighted by molar-refractivity contribution is -0.113. The summed E-state index contributed by atoms with van der Waals surface area (Å²) in [5.74, 6) is 0. The van der Waals surface area contributed by atoms with Gasteiger partial charge in [-0.1, -0.05) is 60.7 Å². The minimum Gasteiger partial charge on any atom is -0.276 e. The number of hydrogen-bond donors (Lipinski definition) is 0. The SMILES string of the molecule is N#CN(C#N)C=O.c1ccc(Cc2ccccc2)cc1. The second-order valence-electron chi connectivity index (χ2n) is 3.82. The molecule has 0 saturated carbocycles. The van der Waals surface area contributed by atoms with E-state index in [4.69, 9.17) is 10.5 Å². The summed E-state index contributed by atoms with van der Waals surface area (Å²) in [6.07, 6.45) is 3.78. The van der Waals surface area contributed by atoms with Crippen molar-refractivity contribution in [1.29, 1.82) is 10.5 Å². The molecule has 0 heterocycles. The Morgan fingerprint density at radius 1 is 0.850 bits per heavy atom. The number of carbonyl (C=O) groups is 1. The lowest BCUT2D eigenvalue weighted by Gasteiger charge is -2.00. The van der Waals surface area contributed by atoms with Crippen molar-refractivity contribution in [2.24, 2.45) is 0 Å². The topological polar surface area (TPSA) is 67.9 Å². The van der Waals surface area contributed by atoms with Gasteiger partial charge in [0.2, 0.25) is 18.8 Å². The first kappa shape index (κ1) is 14.9. The van der Waals surface area contributed by atoms with E-state index in [1.54, 1.807) is 0 Å². The Labute approximate surface area is 118 Å². The van der Waals surface area contributed by atoms with Crippen LogP contribution in [0.25, 0.3) is 0 Å². The number of rotatable bonds is 3. The van der Waals surface area contributed by atoms with Gasteiger partial charge in [0.15, 0.2) is 0 Å². The maximum atomic E-state index is 9.45. The van der Waals surface area contributed by atoms with Gasteiger partial charge >= 0.3 is 0 Å². The monoisotopic (exact) mass is 263 g/mol. The first-order valence-electron chi connectivity index (χ1n) is 5.92. The van der Waals surface area contributed by atoms with Crippen LogP contribution < -0.4 is 0 Å². The van der Waals surface area contributed by atoms with Crippen LogP contribution in [0.1, 0.15) is 11.1 Å². The lowest BCUT2D eigenvalue weighted by Crippen LogP contribution is -2.04. The van der Waals surface area contributed by atoms with E-state index in [-0.39, 0.29) is 6.41 Å². The van der Waals surface area contributed by atoms with Gasteiger partial charge in [-0.3, -0.25) is 4.79 Å². The zero-order chi connectivity index (χ0) is 14.6. The lowest BCUT2D eigenvalue weighted by atomic mass is 10.1. The fourth-order valence-electron chi connectivity index (χ4n) is 1.50. The first-order valence-corrected chi connectivity index (χ1v) is 5.92. The van der Waals surface area contributed by atoms with Crippen molar-refractivity contribution in [3.8, 4) is 12.4 Å². The Bertz CT molecular complexity index is 546. The zero-order valence-electron chi connectivity index (χ0n) is 10.8. The summed E-state index contributed by atoms with van der Waals surface area (Å²) in [6, 6.07) is 21.1. The molecule has 98 valence electrons. The highest BCUT2D eigenvalue weighted by molar-refractivity contribution is 5.52. The summed E-state index contributed by atoms with van der Waals surface area (Å²) < 4.78 is 0. The molecule has 0 saturated heterocycles. The smallest absolute Gasteiger partial charge is 0.236 e. The quantitative estimate of drug-likeness (QED) is 0.485. The Kier molecular flexibility index (Phi) is 6.66. The normalized spacial score (nSPS) is 8.30. The van der Waals surface area contributed by atoms with Gasteiger partial charge in [-0.2, -0.15) is 15.4 Å². The van der Waals surface area contributed by atoms with Crippen LogP contribution in [-0.2, 0) is 11.2 Å². The Morgan fingerprint density at radius 2 is 1.25 bits per heavy atom. The largest absolute Gasteiger partial charge is 0.276 e. The van der Waals surface area contributed by atoms with Crippen molar-refractivity contribution in [2.75, 3.05) is 0 Å². The van der Waals surface area contributed by atoms with Crippen LogP contribution >= 0.6 is 0 Å². The number of carbonyl (C=O) groups excluding carboxylic acids is 1. The fourth-order valence-corrected chi connectivity index (χ4v) is 1.50. The molecule has 0 fully saturated rings. The molecule has 0 radical (unpaired) electrons. The van der Waals surface area contributed by atoms with Gasteiger partial charge in [-0.15, -0.1) is 0 Å². The average molecular weight is 263 g/mol. The molecular weight excluding hydrogens is 250 g/mol. The molecule has 0 unspecified atom stereocenters. The Balaban J connectivity index is 0.000000246. The molecule has 2 aromatic rings. The molecule has 0 N–H and O–H groups in total. The van der Waals surface area contributed by atoms with Gasteiger partial charge in [0.25, 0.3) is 0 Å². The third-order valence-electron chi connectivity index (χ3n) is 2.41. The molecule has 0 spiro atoms. The van der Waals surface area contributed by atoms with Crippen molar-refractivity contribution < 1.29 is 4.79 Å². The van der Waals surface area contributed by atoms with Crippen LogP contribution in [0, 0.1) is 22.9 Å². The van der Waals surface area contributed by atoms with Crippen molar-refractivity contribution in [3.05, 3.63) is 71.8 Å². The van der Waals surface area contributed by atoms with Crippen LogP contribution in [0.2, 0.25) is 0 Å². The minimum atomic E-state index is 0.139. The maximum absolute atomic E-state index is 9.45. The van der Waals surface area contributed by atoms with E-state index < -0.39 is 0 Å². The van der Waals surface area contributed by atoms with Crippen molar-refractivity contribution in [3.63, 3.8) is 0 Å². The highest BCUT2D eigenvalue weighted by Crippen LogP contribution is 2.07. The molecule has 0 atom stereocenters. The molecule has 0 aliphatic rings. The molecule has 0 aromatic heterocycles. The molecule has 4 nitrogen and oxygen atoms in total. The van der Waals surface area contributed by atoms with Gasteiger partial charge < -0.3 is 0 Å². The number of nitriles is 2. The second kappa shape index (κ2) is 8.91. The van der Waals surface area contributed by atoms with Crippen molar-refractivity contribution in [2.45, 2.75) is 6.42 Å². The molecule has 0 bridgehead atoms.